The second-order valence-electron chi connectivity index (χ2n) is 2.96. The van der Waals surface area contributed by atoms with Gasteiger partial charge in [-0.25, -0.2) is 0 Å². The molecule has 0 unspecified atom stereocenters. The molecule has 0 saturated heterocycles. The van der Waals surface area contributed by atoms with Crippen LogP contribution in [-0.4, -0.2) is 19.6 Å². The van der Waals surface area contributed by atoms with E-state index in [0.29, 0.717) is 6.61 Å². The molecule has 0 atom stereocenters. The third kappa shape index (κ3) is 3.84. The second-order valence-corrected chi connectivity index (χ2v) is 2.96. The first-order valence-corrected chi connectivity index (χ1v) is 4.58. The molecule has 78 valence electrons. The highest BCUT2D eigenvalue weighted by atomic mass is 16.5. The summed E-state index contributed by atoms with van der Waals surface area (Å²) in [5, 5.41) is 2.72. The van der Waals surface area contributed by atoms with Crippen molar-refractivity contribution in [3.05, 3.63) is 29.8 Å². The fourth-order valence-corrected chi connectivity index (χ4v) is 1.09. The van der Waals surface area contributed by atoms with Crippen molar-refractivity contribution < 1.29 is 9.53 Å². The third-order valence-electron chi connectivity index (χ3n) is 1.68. The van der Waals surface area contributed by atoms with Gasteiger partial charge in [-0.15, -0.1) is 0 Å². The lowest BCUT2D eigenvalue weighted by Crippen LogP contribution is -2.06. The van der Waals surface area contributed by atoms with Crippen LogP contribution in [0.1, 0.15) is 12.5 Å². The van der Waals surface area contributed by atoms with Crippen molar-refractivity contribution in [3.8, 4) is 11.8 Å². The number of amides is 1. The summed E-state index contributed by atoms with van der Waals surface area (Å²) in [6.45, 7) is 1.85. The number of rotatable bonds is 2. The van der Waals surface area contributed by atoms with Crippen molar-refractivity contribution in [2.24, 2.45) is 0 Å². The van der Waals surface area contributed by atoms with E-state index in [1.807, 2.05) is 24.3 Å². The van der Waals surface area contributed by atoms with Gasteiger partial charge in [-0.3, -0.25) is 4.79 Å². The molecular formula is C12H13NO2. The number of carbonyl (C=O) groups excluding carboxylic acids is 1. The molecule has 1 aromatic rings. The van der Waals surface area contributed by atoms with Crippen molar-refractivity contribution in [2.45, 2.75) is 6.92 Å². The minimum atomic E-state index is -0.101. The molecule has 1 aromatic carbocycles. The van der Waals surface area contributed by atoms with Gasteiger partial charge >= 0.3 is 0 Å². The minimum absolute atomic E-state index is 0.101. The predicted octanol–water partition coefficient (Wildman–Crippen LogP) is 1.64. The van der Waals surface area contributed by atoms with Crippen LogP contribution in [0, 0.1) is 11.8 Å². The quantitative estimate of drug-likeness (QED) is 0.742. The molecule has 1 amide bonds. The van der Waals surface area contributed by atoms with Gasteiger partial charge in [-0.1, -0.05) is 24.0 Å². The SMILES string of the molecule is COCC#Cc1ccccc1NC(C)=O. The minimum Gasteiger partial charge on any atom is -0.372 e. The zero-order valence-corrected chi connectivity index (χ0v) is 8.83. The van der Waals surface area contributed by atoms with E-state index in [9.17, 15) is 4.79 Å². The number of ether oxygens (including phenoxy) is 1. The van der Waals surface area contributed by atoms with Crippen LogP contribution in [0.5, 0.6) is 0 Å². The van der Waals surface area contributed by atoms with Crippen LogP contribution < -0.4 is 5.32 Å². The molecule has 3 nitrogen and oxygen atoms in total. The third-order valence-corrected chi connectivity index (χ3v) is 1.68. The molecule has 1 N–H and O–H groups in total. The van der Waals surface area contributed by atoms with Crippen molar-refractivity contribution in [1.29, 1.82) is 0 Å². The Morgan fingerprint density at radius 2 is 2.20 bits per heavy atom. The highest BCUT2D eigenvalue weighted by molar-refractivity contribution is 5.90. The number of nitrogens with one attached hydrogen (secondary N) is 1. The Hall–Kier alpha value is -1.79. The van der Waals surface area contributed by atoms with E-state index in [2.05, 4.69) is 17.2 Å². The van der Waals surface area contributed by atoms with Crippen LogP contribution in [0.3, 0.4) is 0 Å². The first-order chi connectivity index (χ1) is 7.24. The lowest BCUT2D eigenvalue weighted by Gasteiger charge is -2.03. The van der Waals surface area contributed by atoms with Gasteiger partial charge in [0, 0.05) is 19.6 Å². The van der Waals surface area contributed by atoms with Crippen molar-refractivity contribution in [1.82, 2.24) is 0 Å². The van der Waals surface area contributed by atoms with Gasteiger partial charge in [0.25, 0.3) is 0 Å². The summed E-state index contributed by atoms with van der Waals surface area (Å²) in [5.74, 6) is 5.67. The van der Waals surface area contributed by atoms with Gasteiger partial charge in [0.15, 0.2) is 0 Å². The average Bonchev–Trinajstić information content (AvgIpc) is 2.20. The highest BCUT2D eigenvalue weighted by Crippen LogP contribution is 2.13. The van der Waals surface area contributed by atoms with Crippen LogP contribution in [-0.2, 0) is 9.53 Å². The van der Waals surface area contributed by atoms with Gasteiger partial charge in [0.05, 0.1) is 5.69 Å². The van der Waals surface area contributed by atoms with Crippen LogP contribution >= 0.6 is 0 Å². The number of carbonyl (C=O) groups is 1. The monoisotopic (exact) mass is 203 g/mol. The molecule has 0 radical (unpaired) electrons. The molecule has 0 heterocycles. The number of methoxy groups -OCH3 is 1. The maximum absolute atomic E-state index is 10.9. The normalized spacial score (nSPS) is 8.93. The molecule has 3 heteroatoms. The molecule has 0 spiro atoms. The summed E-state index contributed by atoms with van der Waals surface area (Å²) >= 11 is 0. The first-order valence-electron chi connectivity index (χ1n) is 4.58. The van der Waals surface area contributed by atoms with Crippen molar-refractivity contribution in [2.75, 3.05) is 19.0 Å². The molecule has 0 aromatic heterocycles. The van der Waals surface area contributed by atoms with Crippen molar-refractivity contribution in [3.63, 3.8) is 0 Å². The molecule has 0 aliphatic carbocycles. The Morgan fingerprint density at radius 3 is 2.87 bits per heavy atom. The van der Waals surface area contributed by atoms with E-state index in [1.54, 1.807) is 7.11 Å². The van der Waals surface area contributed by atoms with Crippen LogP contribution in [0.15, 0.2) is 24.3 Å². The summed E-state index contributed by atoms with van der Waals surface area (Å²) in [6, 6.07) is 7.40. The largest absolute Gasteiger partial charge is 0.372 e. The number of para-hydroxylation sites is 1. The lowest BCUT2D eigenvalue weighted by atomic mass is 10.2. The first kappa shape index (κ1) is 11.3. The zero-order valence-electron chi connectivity index (χ0n) is 8.83. The average molecular weight is 203 g/mol. The number of hydrogen-bond acceptors (Lipinski definition) is 2. The van der Waals surface area contributed by atoms with Crippen LogP contribution in [0.2, 0.25) is 0 Å². The predicted molar refractivity (Wildman–Crippen MR) is 59.5 cm³/mol. The molecule has 0 aliphatic heterocycles. The van der Waals surface area contributed by atoms with Gasteiger partial charge in [0.1, 0.15) is 6.61 Å². The van der Waals surface area contributed by atoms with E-state index in [4.69, 9.17) is 4.74 Å². The smallest absolute Gasteiger partial charge is 0.221 e. The van der Waals surface area contributed by atoms with Crippen LogP contribution in [0.4, 0.5) is 5.69 Å². The lowest BCUT2D eigenvalue weighted by molar-refractivity contribution is -0.114. The maximum atomic E-state index is 10.9. The number of benzene rings is 1. The molecule has 0 bridgehead atoms. The Labute approximate surface area is 89.4 Å². The molecule has 15 heavy (non-hydrogen) atoms. The van der Waals surface area contributed by atoms with E-state index >= 15 is 0 Å². The van der Waals surface area contributed by atoms with Gasteiger partial charge in [-0.2, -0.15) is 0 Å². The molecular weight excluding hydrogens is 190 g/mol. The summed E-state index contributed by atoms with van der Waals surface area (Å²) in [7, 11) is 1.59. The Kier molecular flexibility index (Phi) is 4.39. The fourth-order valence-electron chi connectivity index (χ4n) is 1.09. The molecule has 0 aliphatic rings. The summed E-state index contributed by atoms with van der Waals surface area (Å²) in [5.41, 5.74) is 1.53. The maximum Gasteiger partial charge on any atom is 0.221 e. The zero-order chi connectivity index (χ0) is 11.1. The number of hydrogen-bond donors (Lipinski definition) is 1. The van der Waals surface area contributed by atoms with Gasteiger partial charge < -0.3 is 10.1 Å². The molecule has 0 fully saturated rings. The Morgan fingerprint density at radius 1 is 1.47 bits per heavy atom. The van der Waals surface area contributed by atoms with Crippen molar-refractivity contribution >= 4 is 11.6 Å². The van der Waals surface area contributed by atoms with E-state index < -0.39 is 0 Å². The van der Waals surface area contributed by atoms with E-state index in [-0.39, 0.29) is 5.91 Å². The summed E-state index contributed by atoms with van der Waals surface area (Å²) in [4.78, 5) is 10.9. The summed E-state index contributed by atoms with van der Waals surface area (Å²) < 4.78 is 4.82. The molecule has 1 rings (SSSR count). The summed E-state index contributed by atoms with van der Waals surface area (Å²) in [6.07, 6.45) is 0. The highest BCUT2D eigenvalue weighted by Gasteiger charge is 1.99. The second kappa shape index (κ2) is 5.84. The number of anilines is 1. The van der Waals surface area contributed by atoms with E-state index in [0.717, 1.165) is 11.3 Å². The van der Waals surface area contributed by atoms with E-state index in [1.165, 1.54) is 6.92 Å². The Balaban J connectivity index is 2.87. The van der Waals surface area contributed by atoms with Gasteiger partial charge in [0.2, 0.25) is 5.91 Å². The fraction of sp³-hybridized carbons (Fsp3) is 0.250. The molecule has 0 saturated carbocycles. The Bertz CT molecular complexity index is 402. The van der Waals surface area contributed by atoms with Crippen LogP contribution in [0.25, 0.3) is 0 Å². The standard InChI is InChI=1S/C12H13NO2/c1-10(14)13-12-8-4-3-6-11(12)7-5-9-15-2/h3-4,6,8H,9H2,1-2H3,(H,13,14). The topological polar surface area (TPSA) is 38.3 Å². The van der Waals surface area contributed by atoms with Gasteiger partial charge in [-0.05, 0) is 12.1 Å².